The number of allylic oxidation sites excluding steroid dienone is 1. The Kier molecular flexibility index (Phi) is 3.47. The van der Waals surface area contributed by atoms with E-state index in [0.717, 1.165) is 12.5 Å². The molecule has 3 nitrogen and oxygen atoms in total. The molecule has 0 radical (unpaired) electrons. The normalized spacial score (nSPS) is 29.9. The Balaban J connectivity index is 1.79. The Morgan fingerprint density at radius 1 is 1.23 bits per heavy atom. The van der Waals surface area contributed by atoms with Gasteiger partial charge in [-0.2, -0.15) is 13.2 Å². The quantitative estimate of drug-likeness (QED) is 0.651. The Hall–Kier alpha value is -1.89. The van der Waals surface area contributed by atoms with Crippen LogP contribution in [0.15, 0.2) is 30.4 Å². The average molecular weight is 314 g/mol. The molecule has 1 saturated carbocycles. The van der Waals surface area contributed by atoms with Crippen LogP contribution in [0.2, 0.25) is 0 Å². The lowest BCUT2D eigenvalue weighted by Crippen LogP contribution is -2.41. The molecule has 0 saturated heterocycles. The minimum atomic E-state index is -4.81. The van der Waals surface area contributed by atoms with Gasteiger partial charge in [-0.25, -0.2) is 4.39 Å². The number of hydrogen-bond acceptors (Lipinski definition) is 2. The third-order valence-electron chi connectivity index (χ3n) is 4.36. The van der Waals surface area contributed by atoms with Crippen molar-refractivity contribution >= 4 is 11.6 Å². The van der Waals surface area contributed by atoms with Crippen molar-refractivity contribution in [3.05, 3.63) is 41.7 Å². The van der Waals surface area contributed by atoms with Crippen molar-refractivity contribution in [1.29, 1.82) is 0 Å². The minimum absolute atomic E-state index is 0.0162. The largest absolute Gasteiger partial charge is 0.419 e. The van der Waals surface area contributed by atoms with Crippen molar-refractivity contribution in [3.8, 4) is 0 Å². The number of fused-ring (bicyclic) bond motifs is 2. The van der Waals surface area contributed by atoms with E-state index in [9.17, 15) is 22.4 Å². The average Bonchev–Trinajstić information content (AvgIpc) is 3.00. The summed E-state index contributed by atoms with van der Waals surface area (Å²) >= 11 is 0. The van der Waals surface area contributed by atoms with Gasteiger partial charge < -0.3 is 11.1 Å². The molecule has 0 heterocycles. The fourth-order valence-corrected chi connectivity index (χ4v) is 3.28. The molecule has 2 bridgehead atoms. The SMILES string of the molecule is N[C@H]1[C@@H](C(=O)Nc2ccc(F)c(C(F)(F)F)c2)[C@@H]2C=C[C@H]1C2. The van der Waals surface area contributed by atoms with Crippen LogP contribution in [-0.2, 0) is 11.0 Å². The van der Waals surface area contributed by atoms with E-state index in [4.69, 9.17) is 5.73 Å². The van der Waals surface area contributed by atoms with Crippen molar-refractivity contribution < 1.29 is 22.4 Å². The number of alkyl halides is 3. The first kappa shape index (κ1) is 15.0. The highest BCUT2D eigenvalue weighted by Crippen LogP contribution is 2.43. The molecule has 7 heteroatoms. The van der Waals surface area contributed by atoms with Gasteiger partial charge in [0.1, 0.15) is 5.82 Å². The number of rotatable bonds is 2. The van der Waals surface area contributed by atoms with Crippen LogP contribution in [-0.4, -0.2) is 11.9 Å². The summed E-state index contributed by atoms with van der Waals surface area (Å²) in [7, 11) is 0. The Morgan fingerprint density at radius 3 is 2.50 bits per heavy atom. The van der Waals surface area contributed by atoms with Gasteiger partial charge in [-0.1, -0.05) is 12.2 Å². The molecule has 22 heavy (non-hydrogen) atoms. The number of nitrogens with one attached hydrogen (secondary N) is 1. The maximum absolute atomic E-state index is 13.2. The zero-order chi connectivity index (χ0) is 16.1. The molecule has 4 atom stereocenters. The van der Waals surface area contributed by atoms with E-state index in [1.165, 1.54) is 0 Å². The number of halogens is 4. The van der Waals surface area contributed by atoms with Crippen LogP contribution in [0.25, 0.3) is 0 Å². The van der Waals surface area contributed by atoms with Crippen LogP contribution in [0.4, 0.5) is 23.2 Å². The van der Waals surface area contributed by atoms with E-state index < -0.39 is 29.4 Å². The van der Waals surface area contributed by atoms with E-state index in [0.29, 0.717) is 12.1 Å². The highest BCUT2D eigenvalue weighted by atomic mass is 19.4. The third-order valence-corrected chi connectivity index (χ3v) is 4.36. The minimum Gasteiger partial charge on any atom is -0.326 e. The molecule has 0 unspecified atom stereocenters. The summed E-state index contributed by atoms with van der Waals surface area (Å²) in [6.45, 7) is 0. The van der Waals surface area contributed by atoms with Crippen LogP contribution in [0, 0.1) is 23.6 Å². The van der Waals surface area contributed by atoms with Crippen LogP contribution in [0.3, 0.4) is 0 Å². The first-order chi connectivity index (χ1) is 10.3. The van der Waals surface area contributed by atoms with Gasteiger partial charge in [-0.15, -0.1) is 0 Å². The highest BCUT2D eigenvalue weighted by molar-refractivity contribution is 5.94. The number of carbonyl (C=O) groups excluding carboxylic acids is 1. The number of benzene rings is 1. The van der Waals surface area contributed by atoms with Crippen LogP contribution >= 0.6 is 0 Å². The number of carbonyl (C=O) groups is 1. The number of anilines is 1. The van der Waals surface area contributed by atoms with Crippen molar-refractivity contribution in [3.63, 3.8) is 0 Å². The maximum Gasteiger partial charge on any atom is 0.419 e. The summed E-state index contributed by atoms with van der Waals surface area (Å²) in [5.74, 6) is -2.11. The first-order valence-corrected chi connectivity index (χ1v) is 6.89. The number of nitrogens with two attached hydrogens (primary N) is 1. The second-order valence-electron chi connectivity index (χ2n) is 5.73. The van der Waals surface area contributed by atoms with Crippen LogP contribution in [0.1, 0.15) is 12.0 Å². The lowest BCUT2D eigenvalue weighted by molar-refractivity contribution is -0.140. The second kappa shape index (κ2) is 5.08. The van der Waals surface area contributed by atoms with Gasteiger partial charge >= 0.3 is 6.18 Å². The van der Waals surface area contributed by atoms with Gasteiger partial charge in [-0.05, 0) is 36.5 Å². The molecule has 0 aromatic heterocycles. The Morgan fingerprint density at radius 2 is 1.91 bits per heavy atom. The molecule has 1 amide bonds. The molecular formula is C15H14F4N2O. The maximum atomic E-state index is 13.2. The zero-order valence-electron chi connectivity index (χ0n) is 11.4. The molecule has 0 spiro atoms. The monoisotopic (exact) mass is 314 g/mol. The zero-order valence-corrected chi connectivity index (χ0v) is 11.4. The molecule has 2 aliphatic carbocycles. The topological polar surface area (TPSA) is 55.1 Å². The smallest absolute Gasteiger partial charge is 0.326 e. The predicted octanol–water partition coefficient (Wildman–Crippen LogP) is 2.93. The molecular weight excluding hydrogens is 300 g/mol. The summed E-state index contributed by atoms with van der Waals surface area (Å²) in [6.07, 6.45) is -0.129. The number of hydrogen-bond donors (Lipinski definition) is 2. The lowest BCUT2D eigenvalue weighted by Gasteiger charge is -2.23. The van der Waals surface area contributed by atoms with Gasteiger partial charge in [0.25, 0.3) is 0 Å². The van der Waals surface area contributed by atoms with Gasteiger partial charge in [-0.3, -0.25) is 4.79 Å². The Bertz CT molecular complexity index is 641. The van der Waals surface area contributed by atoms with Crippen molar-refractivity contribution in [2.45, 2.75) is 18.6 Å². The summed E-state index contributed by atoms with van der Waals surface area (Å²) in [4.78, 5) is 12.3. The van der Waals surface area contributed by atoms with Crippen LogP contribution in [0.5, 0.6) is 0 Å². The lowest BCUT2D eigenvalue weighted by atomic mass is 9.88. The summed E-state index contributed by atoms with van der Waals surface area (Å²) in [5, 5.41) is 2.42. The second-order valence-corrected chi connectivity index (χ2v) is 5.73. The highest BCUT2D eigenvalue weighted by Gasteiger charge is 2.46. The molecule has 1 aromatic rings. The predicted molar refractivity (Wildman–Crippen MR) is 72.2 cm³/mol. The van der Waals surface area contributed by atoms with Crippen molar-refractivity contribution in [2.24, 2.45) is 23.5 Å². The van der Waals surface area contributed by atoms with E-state index in [2.05, 4.69) is 5.32 Å². The molecule has 1 fully saturated rings. The number of amides is 1. The summed E-state index contributed by atoms with van der Waals surface area (Å²) in [6, 6.07) is 2.07. The van der Waals surface area contributed by atoms with Crippen molar-refractivity contribution in [2.75, 3.05) is 5.32 Å². The molecule has 0 aliphatic heterocycles. The third kappa shape index (κ3) is 2.49. The van der Waals surface area contributed by atoms with Gasteiger partial charge in [0.15, 0.2) is 0 Å². The van der Waals surface area contributed by atoms with E-state index in [-0.39, 0.29) is 23.6 Å². The van der Waals surface area contributed by atoms with E-state index >= 15 is 0 Å². The molecule has 118 valence electrons. The standard InChI is InChI=1S/C15H14F4N2O/c16-11-4-3-9(6-10(11)15(17,18)19)21-14(22)12-7-1-2-8(5-7)13(12)20/h1-4,6-8,12-13H,5,20H2,(H,21,22)/t7-,8+,12+,13-/m1/s1. The first-order valence-electron chi connectivity index (χ1n) is 6.89. The molecule has 2 aliphatic rings. The summed E-state index contributed by atoms with van der Waals surface area (Å²) in [5.41, 5.74) is 4.50. The van der Waals surface area contributed by atoms with Gasteiger partial charge in [0.05, 0.1) is 11.5 Å². The van der Waals surface area contributed by atoms with E-state index in [1.807, 2.05) is 12.2 Å². The van der Waals surface area contributed by atoms with Crippen molar-refractivity contribution in [1.82, 2.24) is 0 Å². The fraction of sp³-hybridized carbons (Fsp3) is 0.400. The molecule has 1 aromatic carbocycles. The van der Waals surface area contributed by atoms with Crippen LogP contribution < -0.4 is 11.1 Å². The van der Waals surface area contributed by atoms with Gasteiger partial charge in [0, 0.05) is 11.7 Å². The molecule has 3 N–H and O–H groups in total. The Labute approximate surface area is 124 Å². The van der Waals surface area contributed by atoms with Gasteiger partial charge in [0.2, 0.25) is 5.91 Å². The summed E-state index contributed by atoms with van der Waals surface area (Å²) < 4.78 is 51.2. The fourth-order valence-electron chi connectivity index (χ4n) is 3.28. The van der Waals surface area contributed by atoms with E-state index in [1.54, 1.807) is 0 Å². The molecule has 3 rings (SSSR count).